The van der Waals surface area contributed by atoms with Crippen LogP contribution in [0.4, 0.5) is 0 Å². The van der Waals surface area contributed by atoms with Gasteiger partial charge in [0.25, 0.3) is 5.91 Å². The van der Waals surface area contributed by atoms with Crippen LogP contribution in [-0.4, -0.2) is 24.3 Å². The maximum absolute atomic E-state index is 12.3. The van der Waals surface area contributed by atoms with Gasteiger partial charge in [-0.1, -0.05) is 11.6 Å². The minimum absolute atomic E-state index is 0.102. The third-order valence-corrected chi connectivity index (χ3v) is 5.96. The number of phenolic OH excluding ortho intramolecular Hbond substituents is 1. The monoisotopic (exact) mass is 564 g/mol. The quantitative estimate of drug-likeness (QED) is 0.222. The molecule has 0 aromatic heterocycles. The molecule has 3 aromatic rings. The number of amides is 1. The van der Waals surface area contributed by atoms with E-state index in [1.165, 1.54) is 12.3 Å². The highest BCUT2D eigenvalue weighted by molar-refractivity contribution is 14.1. The van der Waals surface area contributed by atoms with Gasteiger partial charge < -0.3 is 14.6 Å². The molecule has 0 radical (unpaired) electrons. The zero-order chi connectivity index (χ0) is 23.3. The first-order valence-electron chi connectivity index (χ1n) is 9.67. The lowest BCUT2D eigenvalue weighted by molar-refractivity contribution is 0.0952. The highest BCUT2D eigenvalue weighted by Crippen LogP contribution is 2.28. The number of carbonyl (C=O) groups excluding carboxylic acids is 1. The summed E-state index contributed by atoms with van der Waals surface area (Å²) in [7, 11) is 1.59. The molecule has 0 aliphatic heterocycles. The Balaban J connectivity index is 1.71. The van der Waals surface area contributed by atoms with Crippen molar-refractivity contribution >= 4 is 46.3 Å². The van der Waals surface area contributed by atoms with Gasteiger partial charge >= 0.3 is 0 Å². The van der Waals surface area contributed by atoms with Gasteiger partial charge in [0.2, 0.25) is 0 Å². The molecule has 1 amide bonds. The second-order valence-corrected chi connectivity index (χ2v) is 8.72. The molecule has 0 saturated heterocycles. The molecule has 0 spiro atoms. The fraction of sp³-hybridized carbons (Fsp3) is 0.167. The van der Waals surface area contributed by atoms with Gasteiger partial charge in [-0.25, -0.2) is 5.43 Å². The van der Waals surface area contributed by atoms with Crippen molar-refractivity contribution in [2.24, 2.45) is 5.10 Å². The van der Waals surface area contributed by atoms with Crippen molar-refractivity contribution in [2.75, 3.05) is 7.11 Å². The van der Waals surface area contributed by atoms with Crippen LogP contribution in [0.1, 0.15) is 32.6 Å². The molecule has 3 rings (SSSR count). The number of phenols is 1. The number of hydrazone groups is 1. The highest BCUT2D eigenvalue weighted by atomic mass is 127. The van der Waals surface area contributed by atoms with Crippen molar-refractivity contribution in [2.45, 2.75) is 20.5 Å². The minimum atomic E-state index is -0.497. The average Bonchev–Trinajstić information content (AvgIpc) is 2.77. The molecular weight excluding hydrogens is 543 g/mol. The van der Waals surface area contributed by atoms with Gasteiger partial charge in [-0.3, -0.25) is 4.79 Å². The number of halogens is 2. The van der Waals surface area contributed by atoms with Crippen LogP contribution in [0.25, 0.3) is 0 Å². The topological polar surface area (TPSA) is 80.2 Å². The summed E-state index contributed by atoms with van der Waals surface area (Å²) in [4.78, 5) is 12.3. The van der Waals surface area contributed by atoms with Gasteiger partial charge in [0.15, 0.2) is 0 Å². The second-order valence-electron chi connectivity index (χ2n) is 7.09. The van der Waals surface area contributed by atoms with Crippen molar-refractivity contribution in [3.05, 3.63) is 84.9 Å². The Bertz CT molecular complexity index is 1160. The van der Waals surface area contributed by atoms with Crippen LogP contribution in [0, 0.1) is 17.4 Å². The zero-order valence-electron chi connectivity index (χ0n) is 17.8. The number of hydrogen-bond acceptors (Lipinski definition) is 5. The van der Waals surface area contributed by atoms with Crippen molar-refractivity contribution in [1.29, 1.82) is 0 Å². The number of rotatable bonds is 7. The predicted molar refractivity (Wildman–Crippen MR) is 134 cm³/mol. The normalized spacial score (nSPS) is 10.9. The Labute approximate surface area is 205 Å². The third-order valence-electron chi connectivity index (χ3n) is 4.69. The Morgan fingerprint density at radius 3 is 2.56 bits per heavy atom. The van der Waals surface area contributed by atoms with E-state index in [2.05, 4.69) is 33.1 Å². The van der Waals surface area contributed by atoms with Gasteiger partial charge in [0.1, 0.15) is 23.9 Å². The number of nitrogens with one attached hydrogen (secondary N) is 1. The molecule has 0 fully saturated rings. The molecular formula is C24H22ClIN2O4. The van der Waals surface area contributed by atoms with E-state index in [1.54, 1.807) is 19.2 Å². The number of hydrogen-bond donors (Lipinski definition) is 2. The molecule has 0 unspecified atom stereocenters. The van der Waals surface area contributed by atoms with Crippen LogP contribution >= 0.6 is 34.2 Å². The smallest absolute Gasteiger partial charge is 0.275 e. The van der Waals surface area contributed by atoms with Gasteiger partial charge in [-0.05, 0) is 102 Å². The van der Waals surface area contributed by atoms with E-state index >= 15 is 0 Å². The van der Waals surface area contributed by atoms with E-state index in [4.69, 9.17) is 21.1 Å². The van der Waals surface area contributed by atoms with E-state index in [0.717, 1.165) is 36.6 Å². The zero-order valence-corrected chi connectivity index (χ0v) is 20.7. The minimum Gasteiger partial charge on any atom is -0.507 e. The van der Waals surface area contributed by atoms with Crippen LogP contribution in [0.2, 0.25) is 5.02 Å². The van der Waals surface area contributed by atoms with Crippen LogP contribution in [0.5, 0.6) is 17.2 Å². The largest absolute Gasteiger partial charge is 0.507 e. The first-order valence-corrected chi connectivity index (χ1v) is 11.1. The SMILES string of the molecule is COc1ccc(/C=N/NC(=O)c2cc(I)ccc2O)cc1COc1cc(C)c(Cl)c(C)c1. The Kier molecular flexibility index (Phi) is 7.98. The Morgan fingerprint density at radius 2 is 1.88 bits per heavy atom. The predicted octanol–water partition coefficient (Wildman–Crippen LogP) is 5.62. The number of carbonyl (C=O) groups is 1. The van der Waals surface area contributed by atoms with E-state index < -0.39 is 5.91 Å². The number of benzene rings is 3. The molecule has 0 saturated carbocycles. The van der Waals surface area contributed by atoms with Gasteiger partial charge in [-0.15, -0.1) is 0 Å². The van der Waals surface area contributed by atoms with Crippen molar-refractivity contribution in [1.82, 2.24) is 5.43 Å². The van der Waals surface area contributed by atoms with Crippen LogP contribution in [0.15, 0.2) is 53.6 Å². The number of ether oxygens (including phenoxy) is 2. The molecule has 3 aromatic carbocycles. The molecule has 0 atom stereocenters. The average molecular weight is 565 g/mol. The molecule has 0 aliphatic carbocycles. The molecule has 32 heavy (non-hydrogen) atoms. The summed E-state index contributed by atoms with van der Waals surface area (Å²) >= 11 is 8.30. The summed E-state index contributed by atoms with van der Waals surface area (Å²) < 4.78 is 12.2. The number of aryl methyl sites for hydroxylation is 2. The summed E-state index contributed by atoms with van der Waals surface area (Å²) in [6.07, 6.45) is 1.52. The summed E-state index contributed by atoms with van der Waals surface area (Å²) in [5.74, 6) is 0.796. The third kappa shape index (κ3) is 5.92. The molecule has 0 heterocycles. The molecule has 0 bridgehead atoms. The number of nitrogens with zero attached hydrogens (tertiary/aromatic N) is 1. The molecule has 6 nitrogen and oxygen atoms in total. The Morgan fingerprint density at radius 1 is 1.16 bits per heavy atom. The first kappa shape index (κ1) is 23.9. The summed E-state index contributed by atoms with van der Waals surface area (Å²) in [5.41, 5.74) is 6.06. The fourth-order valence-electron chi connectivity index (χ4n) is 3.06. The fourth-order valence-corrected chi connectivity index (χ4v) is 3.66. The standard InChI is InChI=1S/C24H22ClIN2O4/c1-14-8-19(9-15(2)23(14)25)32-13-17-10-16(4-7-22(17)31-3)12-27-28-24(30)20-11-18(26)5-6-21(20)29/h4-12,29H,13H2,1-3H3,(H,28,30)/b27-12+. The summed E-state index contributed by atoms with van der Waals surface area (Å²) in [5, 5.41) is 14.6. The first-order chi connectivity index (χ1) is 15.3. The van der Waals surface area contributed by atoms with Gasteiger partial charge in [0, 0.05) is 14.2 Å². The van der Waals surface area contributed by atoms with E-state index in [0.29, 0.717) is 5.75 Å². The lowest BCUT2D eigenvalue weighted by Crippen LogP contribution is -2.17. The van der Waals surface area contributed by atoms with Gasteiger partial charge in [-0.2, -0.15) is 5.10 Å². The maximum atomic E-state index is 12.3. The van der Waals surface area contributed by atoms with E-state index in [9.17, 15) is 9.90 Å². The summed E-state index contributed by atoms with van der Waals surface area (Å²) in [6.45, 7) is 4.16. The molecule has 2 N–H and O–H groups in total. The van der Waals surface area contributed by atoms with Crippen LogP contribution < -0.4 is 14.9 Å². The van der Waals surface area contributed by atoms with Gasteiger partial charge in [0.05, 0.1) is 18.9 Å². The molecule has 8 heteroatoms. The van der Waals surface area contributed by atoms with Crippen molar-refractivity contribution < 1.29 is 19.4 Å². The lowest BCUT2D eigenvalue weighted by atomic mass is 10.1. The summed E-state index contributed by atoms with van der Waals surface area (Å²) in [6, 6.07) is 14.1. The Hall–Kier alpha value is -2.78. The van der Waals surface area contributed by atoms with Crippen molar-refractivity contribution in [3.8, 4) is 17.2 Å². The number of aromatic hydroxyl groups is 1. The number of methoxy groups -OCH3 is 1. The van der Waals surface area contributed by atoms with Crippen LogP contribution in [0.3, 0.4) is 0 Å². The second kappa shape index (κ2) is 10.7. The van der Waals surface area contributed by atoms with E-state index in [-0.39, 0.29) is 17.9 Å². The molecule has 166 valence electrons. The highest BCUT2D eigenvalue weighted by Gasteiger charge is 2.11. The van der Waals surface area contributed by atoms with Crippen LogP contribution in [-0.2, 0) is 6.61 Å². The molecule has 0 aliphatic rings. The van der Waals surface area contributed by atoms with Crippen molar-refractivity contribution in [3.63, 3.8) is 0 Å². The van der Waals surface area contributed by atoms with E-state index in [1.807, 2.05) is 44.2 Å². The maximum Gasteiger partial charge on any atom is 0.275 e. The lowest BCUT2D eigenvalue weighted by Gasteiger charge is -2.13.